The molecular formula is C16H10ClN3OS2. The van der Waals surface area contributed by atoms with Gasteiger partial charge in [0.05, 0.1) is 16.0 Å². The minimum absolute atomic E-state index is 0.501. The molecule has 0 spiro atoms. The summed E-state index contributed by atoms with van der Waals surface area (Å²) in [6, 6.07) is 15.4. The number of para-hydroxylation sites is 1. The number of benzene rings is 2. The highest BCUT2D eigenvalue weighted by molar-refractivity contribution is 8.00. The third kappa shape index (κ3) is 3.24. The van der Waals surface area contributed by atoms with Crippen molar-refractivity contribution in [1.29, 1.82) is 0 Å². The van der Waals surface area contributed by atoms with E-state index in [4.69, 9.17) is 16.1 Å². The molecule has 0 aliphatic rings. The molecule has 0 fully saturated rings. The molecule has 0 N–H and O–H groups in total. The first-order valence-electron chi connectivity index (χ1n) is 6.85. The molecule has 4 aromatic rings. The van der Waals surface area contributed by atoms with E-state index in [1.165, 1.54) is 4.70 Å². The van der Waals surface area contributed by atoms with Crippen LogP contribution in [0, 0.1) is 0 Å². The van der Waals surface area contributed by atoms with E-state index in [0.29, 0.717) is 22.5 Å². The van der Waals surface area contributed by atoms with Crippen molar-refractivity contribution in [2.45, 2.75) is 10.1 Å². The van der Waals surface area contributed by atoms with Crippen LogP contribution < -0.4 is 0 Å². The van der Waals surface area contributed by atoms with Crippen molar-refractivity contribution in [3.05, 3.63) is 59.4 Å². The van der Waals surface area contributed by atoms with Crippen LogP contribution in [0.5, 0.6) is 0 Å². The topological polar surface area (TPSA) is 51.8 Å². The number of thiazole rings is 1. The SMILES string of the molecule is Clc1ccc(-c2nc(CSc3nc4ccccc4s3)no2)cc1. The van der Waals surface area contributed by atoms with Crippen LogP contribution in [0.3, 0.4) is 0 Å². The summed E-state index contributed by atoms with van der Waals surface area (Å²) in [5, 5.41) is 4.70. The average Bonchev–Trinajstić information content (AvgIpc) is 3.20. The largest absolute Gasteiger partial charge is 0.334 e. The lowest BCUT2D eigenvalue weighted by molar-refractivity contribution is 0.425. The van der Waals surface area contributed by atoms with E-state index in [1.807, 2.05) is 30.3 Å². The van der Waals surface area contributed by atoms with E-state index in [9.17, 15) is 0 Å². The van der Waals surface area contributed by atoms with Crippen LogP contribution >= 0.6 is 34.7 Å². The molecule has 0 atom stereocenters. The van der Waals surface area contributed by atoms with E-state index in [2.05, 4.69) is 21.2 Å². The molecule has 7 heteroatoms. The highest BCUT2D eigenvalue weighted by Gasteiger charge is 2.10. The van der Waals surface area contributed by atoms with Gasteiger partial charge in [-0.1, -0.05) is 40.7 Å². The fraction of sp³-hybridized carbons (Fsp3) is 0.0625. The first kappa shape index (κ1) is 14.7. The quantitative estimate of drug-likeness (QED) is 0.463. The molecule has 0 aliphatic carbocycles. The lowest BCUT2D eigenvalue weighted by Crippen LogP contribution is -1.84. The van der Waals surface area contributed by atoms with Gasteiger partial charge in [0.25, 0.3) is 5.89 Å². The molecule has 0 aliphatic heterocycles. The number of thioether (sulfide) groups is 1. The minimum Gasteiger partial charge on any atom is -0.334 e. The number of aromatic nitrogens is 3. The Balaban J connectivity index is 1.48. The Hall–Kier alpha value is -1.89. The number of hydrogen-bond acceptors (Lipinski definition) is 6. The van der Waals surface area contributed by atoms with Gasteiger partial charge in [0.2, 0.25) is 0 Å². The van der Waals surface area contributed by atoms with Crippen molar-refractivity contribution in [2.24, 2.45) is 0 Å². The zero-order chi connectivity index (χ0) is 15.6. The lowest BCUT2D eigenvalue weighted by atomic mass is 10.2. The Morgan fingerprint density at radius 1 is 1.04 bits per heavy atom. The fourth-order valence-electron chi connectivity index (χ4n) is 2.06. The average molecular weight is 360 g/mol. The van der Waals surface area contributed by atoms with Gasteiger partial charge in [0.15, 0.2) is 10.2 Å². The van der Waals surface area contributed by atoms with E-state index in [0.717, 1.165) is 15.4 Å². The van der Waals surface area contributed by atoms with E-state index < -0.39 is 0 Å². The Morgan fingerprint density at radius 3 is 2.70 bits per heavy atom. The normalized spacial score (nSPS) is 11.2. The summed E-state index contributed by atoms with van der Waals surface area (Å²) in [7, 11) is 0. The molecule has 2 aromatic heterocycles. The molecule has 0 bridgehead atoms. The Kier molecular flexibility index (Phi) is 4.03. The Bertz CT molecular complexity index is 916. The van der Waals surface area contributed by atoms with Crippen molar-refractivity contribution in [1.82, 2.24) is 15.1 Å². The minimum atomic E-state index is 0.501. The Labute approximate surface area is 145 Å². The lowest BCUT2D eigenvalue weighted by Gasteiger charge is -1.93. The van der Waals surface area contributed by atoms with Crippen molar-refractivity contribution < 1.29 is 4.52 Å². The molecule has 0 unspecified atom stereocenters. The second-order valence-electron chi connectivity index (χ2n) is 4.76. The summed E-state index contributed by atoms with van der Waals surface area (Å²) in [6.45, 7) is 0. The van der Waals surface area contributed by atoms with E-state index in [-0.39, 0.29) is 0 Å². The third-order valence-electron chi connectivity index (χ3n) is 3.16. The van der Waals surface area contributed by atoms with Crippen LogP contribution in [0.25, 0.3) is 21.7 Å². The molecule has 0 radical (unpaired) electrons. The maximum atomic E-state index is 5.88. The van der Waals surface area contributed by atoms with Gasteiger partial charge in [-0.05, 0) is 36.4 Å². The Morgan fingerprint density at radius 2 is 1.87 bits per heavy atom. The van der Waals surface area contributed by atoms with Gasteiger partial charge in [-0.3, -0.25) is 0 Å². The number of nitrogens with zero attached hydrogens (tertiary/aromatic N) is 3. The van der Waals surface area contributed by atoms with Crippen LogP contribution in [-0.2, 0) is 5.75 Å². The third-order valence-corrected chi connectivity index (χ3v) is 5.59. The fourth-order valence-corrected chi connectivity index (χ4v) is 4.10. The zero-order valence-corrected chi connectivity index (χ0v) is 14.2. The molecular weight excluding hydrogens is 350 g/mol. The van der Waals surface area contributed by atoms with E-state index >= 15 is 0 Å². The summed E-state index contributed by atoms with van der Waals surface area (Å²) in [4.78, 5) is 9.00. The predicted molar refractivity (Wildman–Crippen MR) is 93.9 cm³/mol. The molecule has 4 nitrogen and oxygen atoms in total. The van der Waals surface area contributed by atoms with Crippen LogP contribution in [0.2, 0.25) is 5.02 Å². The van der Waals surface area contributed by atoms with Crippen molar-refractivity contribution in [3.8, 4) is 11.5 Å². The van der Waals surface area contributed by atoms with E-state index in [1.54, 1.807) is 35.2 Å². The molecule has 23 heavy (non-hydrogen) atoms. The molecule has 114 valence electrons. The summed E-state index contributed by atoms with van der Waals surface area (Å²) in [5.41, 5.74) is 1.88. The van der Waals surface area contributed by atoms with Crippen LogP contribution in [0.15, 0.2) is 57.4 Å². The van der Waals surface area contributed by atoms with Crippen LogP contribution in [0.1, 0.15) is 5.82 Å². The highest BCUT2D eigenvalue weighted by Crippen LogP contribution is 2.31. The second kappa shape index (κ2) is 6.31. The van der Waals surface area contributed by atoms with Crippen molar-refractivity contribution in [3.63, 3.8) is 0 Å². The molecule has 2 heterocycles. The summed E-state index contributed by atoms with van der Waals surface area (Å²) < 4.78 is 7.49. The van der Waals surface area contributed by atoms with Gasteiger partial charge in [-0.25, -0.2) is 4.98 Å². The highest BCUT2D eigenvalue weighted by atomic mass is 35.5. The molecule has 0 saturated carbocycles. The van der Waals surface area contributed by atoms with Gasteiger partial charge in [-0.15, -0.1) is 11.3 Å². The second-order valence-corrected chi connectivity index (χ2v) is 7.45. The molecule has 0 saturated heterocycles. The number of fused-ring (bicyclic) bond motifs is 1. The summed E-state index contributed by atoms with van der Waals surface area (Å²) >= 11 is 9.16. The standard InChI is InChI=1S/C16H10ClN3OS2/c17-11-7-5-10(6-8-11)15-19-14(20-21-15)9-22-16-18-12-3-1-2-4-13(12)23-16/h1-8H,9H2. The van der Waals surface area contributed by atoms with Gasteiger partial charge in [-0.2, -0.15) is 4.98 Å². The predicted octanol–water partition coefficient (Wildman–Crippen LogP) is 5.29. The molecule has 2 aromatic carbocycles. The number of halogens is 1. The van der Waals surface area contributed by atoms with Crippen molar-refractivity contribution >= 4 is 44.9 Å². The number of hydrogen-bond donors (Lipinski definition) is 0. The first-order chi connectivity index (χ1) is 11.3. The van der Waals surface area contributed by atoms with Gasteiger partial charge in [0.1, 0.15) is 0 Å². The monoisotopic (exact) mass is 359 g/mol. The van der Waals surface area contributed by atoms with Gasteiger partial charge >= 0.3 is 0 Å². The summed E-state index contributed by atoms with van der Waals surface area (Å²) in [5.74, 6) is 1.78. The molecule has 4 rings (SSSR count). The smallest absolute Gasteiger partial charge is 0.257 e. The maximum absolute atomic E-state index is 5.88. The summed E-state index contributed by atoms with van der Waals surface area (Å²) in [6.07, 6.45) is 0. The first-order valence-corrected chi connectivity index (χ1v) is 9.03. The maximum Gasteiger partial charge on any atom is 0.257 e. The van der Waals surface area contributed by atoms with Gasteiger partial charge in [0, 0.05) is 10.6 Å². The molecule has 0 amide bonds. The number of rotatable bonds is 4. The zero-order valence-electron chi connectivity index (χ0n) is 11.8. The van der Waals surface area contributed by atoms with Crippen molar-refractivity contribution in [2.75, 3.05) is 0 Å². The van der Waals surface area contributed by atoms with Crippen LogP contribution in [-0.4, -0.2) is 15.1 Å². The van der Waals surface area contributed by atoms with Crippen LogP contribution in [0.4, 0.5) is 0 Å². The van der Waals surface area contributed by atoms with Gasteiger partial charge < -0.3 is 4.52 Å².